The van der Waals surface area contributed by atoms with Crippen LogP contribution in [0.5, 0.6) is 0 Å². The number of morpholine rings is 1. The molecule has 4 saturated carbocycles. The Kier molecular flexibility index (Phi) is 6.59. The molecule has 1 saturated heterocycles. The second-order valence-electron chi connectivity index (χ2n) is 10.7. The zero-order valence-corrected chi connectivity index (χ0v) is 19.8. The van der Waals surface area contributed by atoms with Crippen molar-refractivity contribution in [3.05, 3.63) is 23.8 Å². The average Bonchev–Trinajstić information content (AvgIpc) is 2.78. The largest absolute Gasteiger partial charge is 0.418 e. The molecule has 0 spiro atoms. The number of rotatable bonds is 6. The Morgan fingerprint density at radius 2 is 1.66 bits per heavy atom. The molecule has 4 aliphatic carbocycles. The number of ether oxygens (including phenoxy) is 1. The molecule has 0 aromatic heterocycles. The van der Waals surface area contributed by atoms with E-state index in [-0.39, 0.29) is 30.2 Å². The summed E-state index contributed by atoms with van der Waals surface area (Å²) in [4.78, 5) is 26.7. The van der Waals surface area contributed by atoms with Crippen molar-refractivity contribution in [3.8, 4) is 0 Å². The van der Waals surface area contributed by atoms with Crippen molar-refractivity contribution in [1.82, 2.24) is 10.6 Å². The number of hydrogen-bond donors (Lipinski definition) is 3. The maximum absolute atomic E-state index is 13.7. The summed E-state index contributed by atoms with van der Waals surface area (Å²) >= 11 is 0. The highest BCUT2D eigenvalue weighted by molar-refractivity contribution is 5.92. The van der Waals surface area contributed by atoms with E-state index >= 15 is 0 Å². The van der Waals surface area contributed by atoms with E-state index < -0.39 is 17.6 Å². The van der Waals surface area contributed by atoms with Gasteiger partial charge in [0.1, 0.15) is 0 Å². The van der Waals surface area contributed by atoms with Gasteiger partial charge in [0.05, 0.1) is 24.5 Å². The van der Waals surface area contributed by atoms with Gasteiger partial charge < -0.3 is 25.6 Å². The molecular formula is C25H33F3N4O3. The lowest BCUT2D eigenvalue weighted by Gasteiger charge is -2.56. The molecule has 5 fully saturated rings. The Hall–Kier alpha value is -2.49. The van der Waals surface area contributed by atoms with Crippen LogP contribution in [0.1, 0.15) is 50.5 Å². The molecule has 35 heavy (non-hydrogen) atoms. The third kappa shape index (κ3) is 5.52. The van der Waals surface area contributed by atoms with Crippen molar-refractivity contribution < 1.29 is 27.5 Å². The molecule has 3 N–H and O–H groups in total. The van der Waals surface area contributed by atoms with E-state index in [4.69, 9.17) is 4.74 Å². The summed E-state index contributed by atoms with van der Waals surface area (Å²) in [5, 5.41) is 8.26. The molecule has 0 unspecified atom stereocenters. The van der Waals surface area contributed by atoms with Crippen molar-refractivity contribution in [2.45, 2.75) is 56.7 Å². The summed E-state index contributed by atoms with van der Waals surface area (Å²) in [7, 11) is 0. The lowest BCUT2D eigenvalue weighted by Crippen LogP contribution is -2.61. The van der Waals surface area contributed by atoms with E-state index in [1.165, 1.54) is 25.3 Å². The molecule has 192 valence electrons. The fourth-order valence-corrected chi connectivity index (χ4v) is 6.95. The van der Waals surface area contributed by atoms with Crippen molar-refractivity contribution in [2.24, 2.45) is 17.8 Å². The number of carbonyl (C=O) groups excluding carboxylic acids is 2. The summed E-state index contributed by atoms with van der Waals surface area (Å²) in [5.74, 6) is 1.52. The molecule has 1 aliphatic heterocycles. The number of amides is 3. The molecule has 7 nitrogen and oxygen atoms in total. The van der Waals surface area contributed by atoms with Gasteiger partial charge in [-0.15, -0.1) is 0 Å². The van der Waals surface area contributed by atoms with E-state index in [9.17, 15) is 22.8 Å². The molecule has 0 radical (unpaired) electrons. The first-order valence-corrected chi connectivity index (χ1v) is 12.6. The van der Waals surface area contributed by atoms with E-state index in [2.05, 4.69) is 16.0 Å². The highest BCUT2D eigenvalue weighted by Crippen LogP contribution is 2.55. The van der Waals surface area contributed by atoms with Crippen molar-refractivity contribution in [3.63, 3.8) is 0 Å². The minimum atomic E-state index is -4.61. The first-order chi connectivity index (χ1) is 16.7. The van der Waals surface area contributed by atoms with Crippen LogP contribution in [-0.2, 0) is 15.7 Å². The summed E-state index contributed by atoms with van der Waals surface area (Å²) < 4.78 is 46.4. The number of alkyl halides is 3. The standard InChI is InChI=1S/C25H33F3N4O3/c26-25(27,28)20-12-19(32-5-7-35-8-6-32)1-2-21(20)30-22(33)3-4-29-23(34)31-24-13-16-9-17(14-24)11-18(10-16)15-24/h1-2,12,16-18H,3-11,13-15H2,(H,30,33)(H2,29,31,34). The van der Waals surface area contributed by atoms with Crippen LogP contribution >= 0.6 is 0 Å². The molecule has 1 aromatic rings. The predicted octanol–water partition coefficient (Wildman–Crippen LogP) is 4.14. The lowest BCUT2D eigenvalue weighted by molar-refractivity contribution is -0.136. The molecule has 0 atom stereocenters. The molecule has 1 heterocycles. The normalized spacial score (nSPS) is 29.7. The second-order valence-corrected chi connectivity index (χ2v) is 10.7. The number of anilines is 2. The number of nitrogens with one attached hydrogen (secondary N) is 3. The minimum absolute atomic E-state index is 0.0528. The van der Waals surface area contributed by atoms with Gasteiger partial charge in [-0.1, -0.05) is 0 Å². The molecule has 10 heteroatoms. The number of nitrogens with zero attached hydrogens (tertiary/aromatic N) is 1. The van der Waals surface area contributed by atoms with Gasteiger partial charge in [-0.3, -0.25) is 4.79 Å². The fraction of sp³-hybridized carbons (Fsp3) is 0.680. The van der Waals surface area contributed by atoms with E-state index in [0.29, 0.717) is 49.7 Å². The van der Waals surface area contributed by atoms with Crippen LogP contribution in [-0.4, -0.2) is 50.3 Å². The molecule has 5 aliphatic rings. The highest BCUT2D eigenvalue weighted by Gasteiger charge is 2.51. The number of urea groups is 1. The number of hydrogen-bond acceptors (Lipinski definition) is 4. The smallest absolute Gasteiger partial charge is 0.378 e. The van der Waals surface area contributed by atoms with Gasteiger partial charge in [0.15, 0.2) is 0 Å². The van der Waals surface area contributed by atoms with Gasteiger partial charge in [-0.25, -0.2) is 4.79 Å². The highest BCUT2D eigenvalue weighted by atomic mass is 19.4. The topological polar surface area (TPSA) is 82.7 Å². The Bertz CT molecular complexity index is 926. The van der Waals surface area contributed by atoms with Crippen molar-refractivity contribution in [1.29, 1.82) is 0 Å². The maximum Gasteiger partial charge on any atom is 0.418 e. The Morgan fingerprint density at radius 1 is 1.03 bits per heavy atom. The zero-order valence-electron chi connectivity index (χ0n) is 19.8. The second kappa shape index (κ2) is 9.52. The summed E-state index contributed by atoms with van der Waals surface area (Å²) in [6, 6.07) is 3.63. The van der Waals surface area contributed by atoms with Gasteiger partial charge >= 0.3 is 12.2 Å². The Balaban J connectivity index is 1.13. The number of halogens is 3. The summed E-state index contributed by atoms with van der Waals surface area (Å²) in [6.45, 7) is 2.00. The Morgan fingerprint density at radius 3 is 2.26 bits per heavy atom. The van der Waals surface area contributed by atoms with Gasteiger partial charge in [-0.05, 0) is 74.5 Å². The van der Waals surface area contributed by atoms with Crippen LogP contribution < -0.4 is 20.9 Å². The van der Waals surface area contributed by atoms with Crippen LogP contribution in [0.25, 0.3) is 0 Å². The quantitative estimate of drug-likeness (QED) is 0.555. The van der Waals surface area contributed by atoms with Gasteiger partial charge in [0.25, 0.3) is 0 Å². The SMILES string of the molecule is O=C(CCNC(=O)NC12CC3CC(CC(C3)C1)C2)Nc1ccc(N2CCOCC2)cc1C(F)(F)F. The van der Waals surface area contributed by atoms with Crippen LogP contribution in [0, 0.1) is 17.8 Å². The fourth-order valence-electron chi connectivity index (χ4n) is 6.95. The van der Waals surface area contributed by atoms with Crippen molar-refractivity contribution >= 4 is 23.3 Å². The number of carbonyl (C=O) groups is 2. The van der Waals surface area contributed by atoms with Crippen LogP contribution in [0.4, 0.5) is 29.3 Å². The average molecular weight is 495 g/mol. The summed E-state index contributed by atoms with van der Waals surface area (Å²) in [5.41, 5.74) is -0.855. The molecule has 1 aromatic carbocycles. The Labute approximate surface area is 203 Å². The third-order valence-corrected chi connectivity index (χ3v) is 8.01. The monoisotopic (exact) mass is 494 g/mol. The van der Waals surface area contributed by atoms with E-state index in [1.54, 1.807) is 6.07 Å². The third-order valence-electron chi connectivity index (χ3n) is 8.01. The molecule has 4 bridgehead atoms. The lowest BCUT2D eigenvalue weighted by atomic mass is 9.53. The first kappa shape index (κ1) is 24.2. The van der Waals surface area contributed by atoms with Crippen LogP contribution in [0.15, 0.2) is 18.2 Å². The molecule has 6 rings (SSSR count). The molecule has 3 amide bonds. The van der Waals surface area contributed by atoms with Crippen LogP contribution in [0.2, 0.25) is 0 Å². The van der Waals surface area contributed by atoms with E-state index in [0.717, 1.165) is 25.3 Å². The maximum atomic E-state index is 13.7. The van der Waals surface area contributed by atoms with E-state index in [1.807, 2.05) is 4.90 Å². The predicted molar refractivity (Wildman–Crippen MR) is 125 cm³/mol. The number of benzene rings is 1. The van der Waals surface area contributed by atoms with Gasteiger partial charge in [0.2, 0.25) is 5.91 Å². The summed E-state index contributed by atoms with van der Waals surface area (Å²) in [6.07, 6.45) is 2.16. The van der Waals surface area contributed by atoms with Gasteiger partial charge in [0, 0.05) is 37.3 Å². The van der Waals surface area contributed by atoms with Crippen LogP contribution in [0.3, 0.4) is 0 Å². The minimum Gasteiger partial charge on any atom is -0.378 e. The van der Waals surface area contributed by atoms with Gasteiger partial charge in [-0.2, -0.15) is 13.2 Å². The zero-order chi connectivity index (χ0) is 24.6. The van der Waals surface area contributed by atoms with Crippen molar-refractivity contribution in [2.75, 3.05) is 43.1 Å². The molecular weight excluding hydrogens is 461 g/mol. The first-order valence-electron chi connectivity index (χ1n) is 12.6.